The Labute approximate surface area is 116 Å². The number of likely N-dealkylation sites (N-methyl/N-ethyl adjacent to an activating group) is 1. The zero-order chi connectivity index (χ0) is 14.3. The summed E-state index contributed by atoms with van der Waals surface area (Å²) < 4.78 is 0. The van der Waals surface area contributed by atoms with E-state index < -0.39 is 0 Å². The molecule has 1 aromatic heterocycles. The number of hydrogen-bond acceptors (Lipinski definition) is 5. The first kappa shape index (κ1) is 15.7. The molecular formula is C14H26N4O. The topological polar surface area (TPSA) is 61.3 Å². The van der Waals surface area contributed by atoms with Gasteiger partial charge in [-0.2, -0.15) is 0 Å². The van der Waals surface area contributed by atoms with Crippen molar-refractivity contribution in [1.82, 2.24) is 9.97 Å². The predicted molar refractivity (Wildman–Crippen MR) is 79.8 cm³/mol. The number of aliphatic hydroxyl groups is 1. The number of nitrogens with one attached hydrogen (secondary N) is 1. The van der Waals surface area contributed by atoms with Crippen LogP contribution in [0, 0.1) is 0 Å². The maximum absolute atomic E-state index is 9.30. The highest BCUT2D eigenvalue weighted by molar-refractivity contribution is 5.59. The molecule has 19 heavy (non-hydrogen) atoms. The fourth-order valence-electron chi connectivity index (χ4n) is 1.91. The van der Waals surface area contributed by atoms with Crippen LogP contribution in [0.25, 0.3) is 0 Å². The highest BCUT2D eigenvalue weighted by Gasteiger charge is 2.17. The Morgan fingerprint density at radius 3 is 2.63 bits per heavy atom. The minimum Gasteiger partial charge on any atom is -0.394 e. The van der Waals surface area contributed by atoms with Gasteiger partial charge in [-0.15, -0.1) is 0 Å². The van der Waals surface area contributed by atoms with Crippen molar-refractivity contribution >= 4 is 11.6 Å². The Hall–Kier alpha value is -1.36. The molecule has 2 N–H and O–H groups in total. The zero-order valence-corrected chi connectivity index (χ0v) is 12.5. The second-order valence-corrected chi connectivity index (χ2v) is 4.84. The summed E-state index contributed by atoms with van der Waals surface area (Å²) in [5.41, 5.74) is 1.14. The van der Waals surface area contributed by atoms with E-state index in [1.165, 1.54) is 0 Å². The van der Waals surface area contributed by atoms with Crippen molar-refractivity contribution in [3.63, 3.8) is 0 Å². The van der Waals surface area contributed by atoms with E-state index in [-0.39, 0.29) is 12.6 Å². The van der Waals surface area contributed by atoms with Crippen LogP contribution in [0.2, 0.25) is 0 Å². The van der Waals surface area contributed by atoms with Crippen LogP contribution in [0.3, 0.4) is 0 Å². The van der Waals surface area contributed by atoms with Gasteiger partial charge in [0.2, 0.25) is 0 Å². The third kappa shape index (κ3) is 4.06. The van der Waals surface area contributed by atoms with E-state index in [1.54, 1.807) is 6.33 Å². The van der Waals surface area contributed by atoms with Gasteiger partial charge in [0, 0.05) is 19.2 Å². The molecule has 0 aliphatic carbocycles. The average Bonchev–Trinajstić information content (AvgIpc) is 2.44. The van der Waals surface area contributed by atoms with Crippen molar-refractivity contribution in [2.45, 2.75) is 46.1 Å². The van der Waals surface area contributed by atoms with E-state index in [2.05, 4.69) is 29.1 Å². The van der Waals surface area contributed by atoms with Crippen molar-refractivity contribution in [3.8, 4) is 0 Å². The highest BCUT2D eigenvalue weighted by atomic mass is 16.3. The summed E-state index contributed by atoms with van der Waals surface area (Å²) in [4.78, 5) is 10.8. The fourth-order valence-corrected chi connectivity index (χ4v) is 1.91. The highest BCUT2D eigenvalue weighted by Crippen LogP contribution is 2.25. The summed E-state index contributed by atoms with van der Waals surface area (Å²) in [7, 11) is 1.96. The standard InChI is InChI=1S/C14H26N4O/c1-5-7-12-13(15-8-6-2)16-10-17-14(12)18(4)11(3)9-19/h10-11,19H,5-9H2,1-4H3,(H,15,16,17). The van der Waals surface area contributed by atoms with Gasteiger partial charge in [0.1, 0.15) is 18.0 Å². The first-order valence-corrected chi connectivity index (χ1v) is 7.07. The van der Waals surface area contributed by atoms with Gasteiger partial charge in [0.25, 0.3) is 0 Å². The molecular weight excluding hydrogens is 240 g/mol. The van der Waals surface area contributed by atoms with Gasteiger partial charge in [0.05, 0.1) is 12.6 Å². The quantitative estimate of drug-likeness (QED) is 0.754. The van der Waals surface area contributed by atoms with E-state index in [1.807, 2.05) is 18.9 Å². The normalized spacial score (nSPS) is 12.3. The van der Waals surface area contributed by atoms with Crippen LogP contribution in [0.1, 0.15) is 39.2 Å². The predicted octanol–water partition coefficient (Wildman–Crippen LogP) is 2.07. The van der Waals surface area contributed by atoms with Crippen LogP contribution in [-0.2, 0) is 6.42 Å². The molecule has 5 nitrogen and oxygen atoms in total. The van der Waals surface area contributed by atoms with E-state index in [9.17, 15) is 5.11 Å². The fraction of sp³-hybridized carbons (Fsp3) is 0.714. The Morgan fingerprint density at radius 1 is 1.32 bits per heavy atom. The van der Waals surface area contributed by atoms with Crippen LogP contribution in [0.4, 0.5) is 11.6 Å². The smallest absolute Gasteiger partial charge is 0.137 e. The molecule has 0 aliphatic rings. The largest absolute Gasteiger partial charge is 0.394 e. The molecule has 0 saturated carbocycles. The third-order valence-electron chi connectivity index (χ3n) is 3.22. The molecule has 0 saturated heterocycles. The Bertz CT molecular complexity index is 384. The van der Waals surface area contributed by atoms with Gasteiger partial charge >= 0.3 is 0 Å². The van der Waals surface area contributed by atoms with Gasteiger partial charge in [-0.25, -0.2) is 9.97 Å². The van der Waals surface area contributed by atoms with Crippen LogP contribution < -0.4 is 10.2 Å². The lowest BCUT2D eigenvalue weighted by Gasteiger charge is -2.27. The molecule has 1 heterocycles. The van der Waals surface area contributed by atoms with Crippen LogP contribution >= 0.6 is 0 Å². The molecule has 5 heteroatoms. The molecule has 0 aliphatic heterocycles. The van der Waals surface area contributed by atoms with Gasteiger partial charge in [-0.1, -0.05) is 20.3 Å². The van der Waals surface area contributed by atoms with E-state index in [4.69, 9.17) is 0 Å². The molecule has 1 rings (SSSR count). The SMILES string of the molecule is CCCNc1ncnc(N(C)C(C)CO)c1CCC. The average molecular weight is 266 g/mol. The number of rotatable bonds is 8. The molecule has 0 radical (unpaired) electrons. The number of aliphatic hydroxyl groups excluding tert-OH is 1. The lowest BCUT2D eigenvalue weighted by Crippen LogP contribution is -2.33. The van der Waals surface area contributed by atoms with Gasteiger partial charge in [-0.3, -0.25) is 0 Å². The maximum atomic E-state index is 9.30. The van der Waals surface area contributed by atoms with E-state index in [0.29, 0.717) is 0 Å². The molecule has 0 aromatic carbocycles. The number of anilines is 2. The summed E-state index contributed by atoms with van der Waals surface area (Å²) in [6.07, 6.45) is 4.63. The van der Waals surface area contributed by atoms with Gasteiger partial charge in [-0.05, 0) is 19.8 Å². The Morgan fingerprint density at radius 2 is 2.05 bits per heavy atom. The molecule has 0 spiro atoms. The van der Waals surface area contributed by atoms with Crippen molar-refractivity contribution in [2.24, 2.45) is 0 Å². The Kier molecular flexibility index (Phi) is 6.56. The monoisotopic (exact) mass is 266 g/mol. The Balaban J connectivity index is 3.07. The minimum atomic E-state index is 0.0459. The lowest BCUT2D eigenvalue weighted by molar-refractivity contribution is 0.269. The van der Waals surface area contributed by atoms with Crippen molar-refractivity contribution in [2.75, 3.05) is 30.4 Å². The molecule has 0 bridgehead atoms. The van der Waals surface area contributed by atoms with Crippen LogP contribution in [-0.4, -0.2) is 41.3 Å². The van der Waals surface area contributed by atoms with Gasteiger partial charge in [0.15, 0.2) is 0 Å². The first-order chi connectivity index (χ1) is 9.15. The maximum Gasteiger partial charge on any atom is 0.137 e. The lowest BCUT2D eigenvalue weighted by atomic mass is 10.1. The van der Waals surface area contributed by atoms with Crippen LogP contribution in [0.5, 0.6) is 0 Å². The van der Waals surface area contributed by atoms with Gasteiger partial charge < -0.3 is 15.3 Å². The van der Waals surface area contributed by atoms with E-state index in [0.717, 1.165) is 43.0 Å². The summed E-state index contributed by atoms with van der Waals surface area (Å²) in [6, 6.07) is 0.0459. The number of nitrogens with zero attached hydrogens (tertiary/aromatic N) is 3. The number of hydrogen-bond donors (Lipinski definition) is 2. The van der Waals surface area contributed by atoms with Crippen molar-refractivity contribution in [3.05, 3.63) is 11.9 Å². The van der Waals surface area contributed by atoms with Crippen LogP contribution in [0.15, 0.2) is 6.33 Å². The summed E-state index contributed by atoms with van der Waals surface area (Å²) in [6.45, 7) is 7.29. The molecule has 1 unspecified atom stereocenters. The summed E-state index contributed by atoms with van der Waals surface area (Å²) in [5.74, 6) is 1.84. The minimum absolute atomic E-state index is 0.0459. The third-order valence-corrected chi connectivity index (χ3v) is 3.22. The van der Waals surface area contributed by atoms with Crippen molar-refractivity contribution in [1.29, 1.82) is 0 Å². The number of aromatic nitrogens is 2. The molecule has 108 valence electrons. The second kappa shape index (κ2) is 7.94. The second-order valence-electron chi connectivity index (χ2n) is 4.84. The summed E-state index contributed by atoms with van der Waals surface area (Å²) in [5, 5.41) is 12.7. The molecule has 1 aromatic rings. The van der Waals surface area contributed by atoms with Crippen molar-refractivity contribution < 1.29 is 5.11 Å². The summed E-state index contributed by atoms with van der Waals surface area (Å²) >= 11 is 0. The zero-order valence-electron chi connectivity index (χ0n) is 12.5. The molecule has 1 atom stereocenters. The first-order valence-electron chi connectivity index (χ1n) is 7.07. The van der Waals surface area contributed by atoms with E-state index >= 15 is 0 Å². The molecule has 0 amide bonds. The molecule has 0 fully saturated rings.